The van der Waals surface area contributed by atoms with Crippen LogP contribution < -0.4 is 5.32 Å². The molecule has 2 rings (SSSR count). The maximum absolute atomic E-state index is 13.3. The van der Waals surface area contributed by atoms with Gasteiger partial charge in [-0.2, -0.15) is 0 Å². The molecule has 0 radical (unpaired) electrons. The maximum atomic E-state index is 13.3. The van der Waals surface area contributed by atoms with Gasteiger partial charge >= 0.3 is 0 Å². The molecule has 0 spiro atoms. The van der Waals surface area contributed by atoms with Crippen LogP contribution in [-0.4, -0.2) is 23.2 Å². The molecule has 0 unspecified atom stereocenters. The number of benzene rings is 1. The van der Waals surface area contributed by atoms with Crippen LogP contribution in [0.25, 0.3) is 0 Å². The Hall–Kier alpha value is -0.840. The SMILES string of the molecule is O=C(NC1(CO)CCC1)c1cc(F)c(Cl)cc1Cl. The van der Waals surface area contributed by atoms with Crippen LogP contribution in [0.2, 0.25) is 10.0 Å². The monoisotopic (exact) mass is 291 g/mol. The number of rotatable bonds is 3. The Morgan fingerprint density at radius 1 is 1.39 bits per heavy atom. The minimum absolute atomic E-state index is 0.0262. The molecule has 1 aliphatic rings. The summed E-state index contributed by atoms with van der Waals surface area (Å²) < 4.78 is 13.3. The minimum Gasteiger partial charge on any atom is -0.394 e. The zero-order valence-electron chi connectivity index (χ0n) is 9.47. The molecule has 1 amide bonds. The van der Waals surface area contributed by atoms with E-state index < -0.39 is 17.3 Å². The summed E-state index contributed by atoms with van der Waals surface area (Å²) in [6, 6.07) is 2.20. The summed E-state index contributed by atoms with van der Waals surface area (Å²) in [5.74, 6) is -1.19. The number of carbonyl (C=O) groups is 1. The molecule has 18 heavy (non-hydrogen) atoms. The summed E-state index contributed by atoms with van der Waals surface area (Å²) >= 11 is 11.4. The molecule has 0 heterocycles. The second kappa shape index (κ2) is 5.03. The van der Waals surface area contributed by atoms with Gasteiger partial charge in [0.2, 0.25) is 0 Å². The number of nitrogens with one attached hydrogen (secondary N) is 1. The number of aliphatic hydroxyl groups is 1. The first-order chi connectivity index (χ1) is 8.47. The third kappa shape index (κ3) is 2.46. The Labute approximate surface area is 114 Å². The van der Waals surface area contributed by atoms with Crippen molar-refractivity contribution >= 4 is 29.1 Å². The zero-order valence-corrected chi connectivity index (χ0v) is 11.0. The molecule has 0 aliphatic heterocycles. The molecule has 0 aromatic heterocycles. The molecular weight excluding hydrogens is 280 g/mol. The third-order valence-electron chi connectivity index (χ3n) is 3.25. The van der Waals surface area contributed by atoms with Crippen LogP contribution in [0.4, 0.5) is 4.39 Å². The van der Waals surface area contributed by atoms with E-state index in [1.54, 1.807) is 0 Å². The van der Waals surface area contributed by atoms with Crippen molar-refractivity contribution in [3.05, 3.63) is 33.6 Å². The van der Waals surface area contributed by atoms with E-state index in [1.165, 1.54) is 6.07 Å². The van der Waals surface area contributed by atoms with Gasteiger partial charge in [0.05, 0.1) is 27.8 Å². The van der Waals surface area contributed by atoms with Crippen molar-refractivity contribution in [2.45, 2.75) is 24.8 Å². The summed E-state index contributed by atoms with van der Waals surface area (Å²) in [6.45, 7) is -0.133. The molecule has 1 aromatic rings. The second-order valence-corrected chi connectivity index (χ2v) is 5.31. The lowest BCUT2D eigenvalue weighted by Gasteiger charge is -2.41. The molecule has 1 aliphatic carbocycles. The maximum Gasteiger partial charge on any atom is 0.253 e. The smallest absolute Gasteiger partial charge is 0.253 e. The highest BCUT2D eigenvalue weighted by Crippen LogP contribution is 2.32. The Morgan fingerprint density at radius 2 is 2.06 bits per heavy atom. The van der Waals surface area contributed by atoms with Gasteiger partial charge < -0.3 is 10.4 Å². The number of carbonyl (C=O) groups excluding carboxylic acids is 1. The van der Waals surface area contributed by atoms with Gasteiger partial charge in [-0.05, 0) is 31.4 Å². The number of halogens is 3. The Morgan fingerprint density at radius 3 is 2.56 bits per heavy atom. The zero-order chi connectivity index (χ0) is 13.3. The van der Waals surface area contributed by atoms with Crippen molar-refractivity contribution in [1.82, 2.24) is 5.32 Å². The van der Waals surface area contributed by atoms with Crippen LogP contribution in [0.3, 0.4) is 0 Å². The summed E-state index contributed by atoms with van der Waals surface area (Å²) in [5, 5.41) is 11.9. The molecular formula is C12H12Cl2FNO2. The van der Waals surface area contributed by atoms with E-state index in [9.17, 15) is 14.3 Å². The molecule has 6 heteroatoms. The summed E-state index contributed by atoms with van der Waals surface area (Å²) in [5.41, 5.74) is -0.561. The summed E-state index contributed by atoms with van der Waals surface area (Å²) in [4.78, 5) is 12.0. The van der Waals surface area contributed by atoms with Crippen LogP contribution in [0.5, 0.6) is 0 Å². The lowest BCUT2D eigenvalue weighted by atomic mass is 9.77. The van der Waals surface area contributed by atoms with Gasteiger partial charge in [-0.25, -0.2) is 4.39 Å². The van der Waals surface area contributed by atoms with Crippen LogP contribution in [-0.2, 0) is 0 Å². The van der Waals surface area contributed by atoms with Crippen molar-refractivity contribution in [3.63, 3.8) is 0 Å². The number of amides is 1. The van der Waals surface area contributed by atoms with Crippen LogP contribution in [0, 0.1) is 5.82 Å². The average molecular weight is 292 g/mol. The van der Waals surface area contributed by atoms with E-state index in [0.29, 0.717) is 12.8 Å². The van der Waals surface area contributed by atoms with E-state index in [-0.39, 0.29) is 22.2 Å². The van der Waals surface area contributed by atoms with Crippen molar-refractivity contribution in [2.24, 2.45) is 0 Å². The molecule has 3 nitrogen and oxygen atoms in total. The Bertz CT molecular complexity index is 484. The highest BCUT2D eigenvalue weighted by molar-refractivity contribution is 6.36. The normalized spacial score (nSPS) is 17.1. The molecule has 0 atom stereocenters. The van der Waals surface area contributed by atoms with E-state index in [4.69, 9.17) is 23.2 Å². The number of aliphatic hydroxyl groups excluding tert-OH is 1. The highest BCUT2D eigenvalue weighted by Gasteiger charge is 2.38. The van der Waals surface area contributed by atoms with Crippen molar-refractivity contribution in [3.8, 4) is 0 Å². The van der Waals surface area contributed by atoms with Gasteiger partial charge in [0.1, 0.15) is 5.82 Å². The van der Waals surface area contributed by atoms with Gasteiger partial charge in [-0.1, -0.05) is 23.2 Å². The Kier molecular flexibility index (Phi) is 3.80. The largest absolute Gasteiger partial charge is 0.394 e. The van der Waals surface area contributed by atoms with E-state index in [2.05, 4.69) is 5.32 Å². The van der Waals surface area contributed by atoms with Crippen molar-refractivity contribution in [1.29, 1.82) is 0 Å². The minimum atomic E-state index is -0.696. The summed E-state index contributed by atoms with van der Waals surface area (Å²) in [6.07, 6.45) is 2.37. The first-order valence-electron chi connectivity index (χ1n) is 5.55. The topological polar surface area (TPSA) is 49.3 Å². The van der Waals surface area contributed by atoms with Crippen molar-refractivity contribution in [2.75, 3.05) is 6.61 Å². The van der Waals surface area contributed by atoms with Crippen LogP contribution >= 0.6 is 23.2 Å². The quantitative estimate of drug-likeness (QED) is 0.842. The van der Waals surface area contributed by atoms with Gasteiger partial charge in [0, 0.05) is 0 Å². The van der Waals surface area contributed by atoms with E-state index >= 15 is 0 Å². The molecule has 0 bridgehead atoms. The van der Waals surface area contributed by atoms with Crippen LogP contribution in [0.15, 0.2) is 12.1 Å². The average Bonchev–Trinajstić information content (AvgIpc) is 2.28. The third-order valence-corrected chi connectivity index (χ3v) is 3.85. The van der Waals surface area contributed by atoms with E-state index in [1.807, 2.05) is 0 Å². The molecule has 2 N–H and O–H groups in total. The van der Waals surface area contributed by atoms with E-state index in [0.717, 1.165) is 12.5 Å². The predicted octanol–water partition coefficient (Wildman–Crippen LogP) is 2.78. The fourth-order valence-electron chi connectivity index (χ4n) is 1.93. The molecule has 1 aromatic carbocycles. The molecule has 98 valence electrons. The number of hydrogen-bond donors (Lipinski definition) is 2. The van der Waals surface area contributed by atoms with Gasteiger partial charge in [0.15, 0.2) is 0 Å². The molecule has 1 saturated carbocycles. The molecule has 0 saturated heterocycles. The molecule has 1 fully saturated rings. The van der Waals surface area contributed by atoms with Crippen molar-refractivity contribution < 1.29 is 14.3 Å². The summed E-state index contributed by atoms with van der Waals surface area (Å²) in [7, 11) is 0. The van der Waals surface area contributed by atoms with Gasteiger partial charge in [-0.3, -0.25) is 4.79 Å². The van der Waals surface area contributed by atoms with Crippen LogP contribution in [0.1, 0.15) is 29.6 Å². The second-order valence-electron chi connectivity index (χ2n) is 4.49. The fourth-order valence-corrected chi connectivity index (χ4v) is 2.40. The first kappa shape index (κ1) is 13.6. The first-order valence-corrected chi connectivity index (χ1v) is 6.31. The lowest BCUT2D eigenvalue weighted by Crippen LogP contribution is -2.56. The predicted molar refractivity (Wildman–Crippen MR) is 67.6 cm³/mol. The standard InChI is InChI=1S/C12H12Cl2FNO2/c13-8-5-9(14)10(15)4-7(8)11(18)16-12(6-17)2-1-3-12/h4-5,17H,1-3,6H2,(H,16,18). The van der Waals surface area contributed by atoms with Gasteiger partial charge in [-0.15, -0.1) is 0 Å². The number of hydrogen-bond acceptors (Lipinski definition) is 2. The fraction of sp³-hybridized carbons (Fsp3) is 0.417. The highest BCUT2D eigenvalue weighted by atomic mass is 35.5. The lowest BCUT2D eigenvalue weighted by molar-refractivity contribution is 0.0641. The van der Waals surface area contributed by atoms with Gasteiger partial charge in [0.25, 0.3) is 5.91 Å². The Balaban J connectivity index is 2.21.